The lowest BCUT2D eigenvalue weighted by molar-refractivity contribution is -0.130. The van der Waals surface area contributed by atoms with E-state index in [0.29, 0.717) is 11.3 Å². The molecule has 0 spiro atoms. The van der Waals surface area contributed by atoms with Crippen LogP contribution in [0.1, 0.15) is 39.7 Å². The van der Waals surface area contributed by atoms with Gasteiger partial charge in [0.15, 0.2) is 6.10 Å². The molecule has 8 nitrogen and oxygen atoms in total. The van der Waals surface area contributed by atoms with Gasteiger partial charge in [0, 0.05) is 11.8 Å². The summed E-state index contributed by atoms with van der Waals surface area (Å²) in [6.07, 6.45) is -1.14. The number of carbonyl (C=O) groups is 3. The maximum atomic E-state index is 12.3. The van der Waals surface area contributed by atoms with Gasteiger partial charge >= 0.3 is 11.6 Å². The van der Waals surface area contributed by atoms with Crippen LogP contribution in [0.4, 0.5) is 5.69 Å². The number of anilines is 1. The molecule has 0 bridgehead atoms. The molecule has 1 heterocycles. The third-order valence-electron chi connectivity index (χ3n) is 4.36. The van der Waals surface area contributed by atoms with E-state index in [2.05, 4.69) is 10.6 Å². The van der Waals surface area contributed by atoms with Gasteiger partial charge in [-0.15, -0.1) is 0 Å². The van der Waals surface area contributed by atoms with Crippen LogP contribution < -0.4 is 16.3 Å². The van der Waals surface area contributed by atoms with Crippen molar-refractivity contribution in [3.63, 3.8) is 0 Å². The molecule has 1 aromatic heterocycles. The van der Waals surface area contributed by atoms with E-state index in [-0.39, 0.29) is 17.9 Å². The summed E-state index contributed by atoms with van der Waals surface area (Å²) in [5.41, 5.74) is 2.43. The third-order valence-corrected chi connectivity index (χ3v) is 4.36. The second-order valence-electron chi connectivity index (χ2n) is 6.76. The van der Waals surface area contributed by atoms with Gasteiger partial charge in [0.1, 0.15) is 11.3 Å². The highest BCUT2D eigenvalue weighted by molar-refractivity contribution is 5.97. The summed E-state index contributed by atoms with van der Waals surface area (Å²) in [4.78, 5) is 48.0. The first kappa shape index (κ1) is 21.9. The van der Waals surface area contributed by atoms with E-state index in [9.17, 15) is 19.2 Å². The molecule has 0 saturated heterocycles. The molecule has 0 aliphatic carbocycles. The average Bonchev–Trinajstić information content (AvgIpc) is 2.61. The Morgan fingerprint density at radius 1 is 1.07 bits per heavy atom. The summed E-state index contributed by atoms with van der Waals surface area (Å²) >= 11 is 0. The van der Waals surface area contributed by atoms with E-state index in [1.165, 1.54) is 19.9 Å². The molecule has 0 aliphatic rings. The minimum Gasteiger partial charge on any atom is -0.449 e. The normalized spacial score (nSPS) is 11.5. The Morgan fingerprint density at radius 2 is 1.69 bits per heavy atom. The first-order valence-electron chi connectivity index (χ1n) is 9.06. The van der Waals surface area contributed by atoms with Crippen LogP contribution in [0.3, 0.4) is 0 Å². The number of esters is 1. The number of para-hydroxylation sites is 1. The maximum absolute atomic E-state index is 12.3. The molecule has 1 aromatic carbocycles. The Kier molecular flexibility index (Phi) is 6.93. The summed E-state index contributed by atoms with van der Waals surface area (Å²) in [6, 6.07) is 6.81. The van der Waals surface area contributed by atoms with Gasteiger partial charge in [-0.1, -0.05) is 18.2 Å². The molecule has 2 aromatic rings. The van der Waals surface area contributed by atoms with Crippen molar-refractivity contribution < 1.29 is 23.5 Å². The van der Waals surface area contributed by atoms with Crippen LogP contribution in [0.2, 0.25) is 0 Å². The predicted molar refractivity (Wildman–Crippen MR) is 107 cm³/mol. The molecular formula is C21H24N2O6. The van der Waals surface area contributed by atoms with E-state index in [1.807, 2.05) is 32.0 Å². The molecule has 2 rings (SSSR count). The van der Waals surface area contributed by atoms with Crippen molar-refractivity contribution in [2.75, 3.05) is 11.9 Å². The Hall–Kier alpha value is -3.42. The summed E-state index contributed by atoms with van der Waals surface area (Å²) < 4.78 is 10.0. The fourth-order valence-corrected chi connectivity index (χ4v) is 2.84. The van der Waals surface area contributed by atoms with E-state index >= 15 is 0 Å². The molecule has 154 valence electrons. The first-order valence-corrected chi connectivity index (χ1v) is 9.06. The van der Waals surface area contributed by atoms with Crippen LogP contribution >= 0.6 is 0 Å². The van der Waals surface area contributed by atoms with Crippen molar-refractivity contribution in [1.29, 1.82) is 0 Å². The van der Waals surface area contributed by atoms with Crippen molar-refractivity contribution in [2.24, 2.45) is 0 Å². The summed E-state index contributed by atoms with van der Waals surface area (Å²) in [5, 5.41) is 5.19. The van der Waals surface area contributed by atoms with Gasteiger partial charge in [0.05, 0.1) is 6.54 Å². The SMILES string of the molecule is Cc1cccc(C)c1NC(=O)CNC(=O)C(C)OC(=O)c1c(C)cc(=O)oc1C. The van der Waals surface area contributed by atoms with E-state index in [4.69, 9.17) is 9.15 Å². The van der Waals surface area contributed by atoms with Gasteiger partial charge in [-0.25, -0.2) is 9.59 Å². The predicted octanol–water partition coefficient (Wildman–Crippen LogP) is 2.17. The van der Waals surface area contributed by atoms with Crippen molar-refractivity contribution in [3.05, 3.63) is 62.7 Å². The van der Waals surface area contributed by atoms with E-state index in [0.717, 1.165) is 11.1 Å². The largest absolute Gasteiger partial charge is 0.449 e. The van der Waals surface area contributed by atoms with Crippen LogP contribution in [0.25, 0.3) is 0 Å². The Morgan fingerprint density at radius 3 is 2.28 bits per heavy atom. The zero-order valence-corrected chi connectivity index (χ0v) is 17.0. The number of rotatable bonds is 6. The van der Waals surface area contributed by atoms with Crippen LogP contribution in [0, 0.1) is 27.7 Å². The molecule has 1 unspecified atom stereocenters. The van der Waals surface area contributed by atoms with Crippen LogP contribution in [-0.4, -0.2) is 30.4 Å². The maximum Gasteiger partial charge on any atom is 0.342 e. The van der Waals surface area contributed by atoms with E-state index in [1.54, 1.807) is 6.92 Å². The molecule has 8 heteroatoms. The standard InChI is InChI=1S/C21H24N2O6/c1-11-7-6-8-12(2)19(11)23-16(24)10-22-20(26)15(5)29-21(27)18-13(3)9-17(25)28-14(18)4/h6-9,15H,10H2,1-5H3,(H,22,26)(H,23,24). The van der Waals surface area contributed by atoms with Gasteiger partial charge in [0.25, 0.3) is 5.91 Å². The lowest BCUT2D eigenvalue weighted by atomic mass is 10.1. The average molecular weight is 400 g/mol. The Labute approximate surface area is 168 Å². The van der Waals surface area contributed by atoms with Crippen LogP contribution in [-0.2, 0) is 14.3 Å². The first-order chi connectivity index (χ1) is 13.6. The van der Waals surface area contributed by atoms with Gasteiger partial charge in [-0.05, 0) is 51.3 Å². The second kappa shape index (κ2) is 9.18. The number of hydrogen-bond donors (Lipinski definition) is 2. The zero-order chi connectivity index (χ0) is 21.7. The molecule has 29 heavy (non-hydrogen) atoms. The highest BCUT2D eigenvalue weighted by atomic mass is 16.5. The second-order valence-corrected chi connectivity index (χ2v) is 6.76. The molecule has 1 atom stereocenters. The van der Waals surface area contributed by atoms with E-state index < -0.39 is 29.5 Å². The molecule has 0 aliphatic heterocycles. The number of ether oxygens (including phenoxy) is 1. The van der Waals surface area contributed by atoms with Crippen molar-refractivity contribution in [2.45, 2.75) is 40.7 Å². The molecule has 2 amide bonds. The van der Waals surface area contributed by atoms with Crippen molar-refractivity contribution >= 4 is 23.5 Å². The molecule has 0 radical (unpaired) electrons. The van der Waals surface area contributed by atoms with Gasteiger partial charge in [-0.3, -0.25) is 9.59 Å². The van der Waals surface area contributed by atoms with Crippen LogP contribution in [0.5, 0.6) is 0 Å². The molecule has 2 N–H and O–H groups in total. The number of amides is 2. The third kappa shape index (κ3) is 5.54. The summed E-state index contributed by atoms with van der Waals surface area (Å²) in [5.74, 6) is -1.69. The van der Waals surface area contributed by atoms with Crippen molar-refractivity contribution in [3.8, 4) is 0 Å². The fraction of sp³-hybridized carbons (Fsp3) is 0.333. The molecular weight excluding hydrogens is 376 g/mol. The van der Waals surface area contributed by atoms with Gasteiger partial charge in [0.2, 0.25) is 5.91 Å². The number of carbonyl (C=O) groups excluding carboxylic acids is 3. The topological polar surface area (TPSA) is 115 Å². The monoisotopic (exact) mass is 400 g/mol. The quantitative estimate of drug-likeness (QED) is 0.718. The zero-order valence-electron chi connectivity index (χ0n) is 17.0. The lowest BCUT2D eigenvalue weighted by Gasteiger charge is -2.15. The highest BCUT2D eigenvalue weighted by Gasteiger charge is 2.23. The number of aryl methyl sites for hydroxylation is 4. The van der Waals surface area contributed by atoms with Crippen LogP contribution in [0.15, 0.2) is 33.5 Å². The number of benzene rings is 1. The lowest BCUT2D eigenvalue weighted by Crippen LogP contribution is -2.40. The Balaban J connectivity index is 1.93. The summed E-state index contributed by atoms with van der Waals surface area (Å²) in [7, 11) is 0. The Bertz CT molecular complexity index is 962. The smallest absolute Gasteiger partial charge is 0.342 e. The fourth-order valence-electron chi connectivity index (χ4n) is 2.84. The molecule has 0 fully saturated rings. The van der Waals surface area contributed by atoms with Crippen molar-refractivity contribution in [1.82, 2.24) is 5.32 Å². The minimum absolute atomic E-state index is 0.0945. The van der Waals surface area contributed by atoms with Gasteiger partial charge < -0.3 is 19.8 Å². The summed E-state index contributed by atoms with van der Waals surface area (Å²) in [6.45, 7) is 7.90. The molecule has 0 saturated carbocycles. The number of nitrogens with one attached hydrogen (secondary N) is 2. The van der Waals surface area contributed by atoms with Gasteiger partial charge in [-0.2, -0.15) is 0 Å². The highest BCUT2D eigenvalue weighted by Crippen LogP contribution is 2.19. The number of hydrogen-bond acceptors (Lipinski definition) is 6. The minimum atomic E-state index is -1.14.